The number of hydrogen-bond acceptors (Lipinski definition) is 4. The van der Waals surface area contributed by atoms with E-state index in [1.54, 1.807) is 19.1 Å². The highest BCUT2D eigenvalue weighted by molar-refractivity contribution is 5.89. The van der Waals surface area contributed by atoms with Crippen molar-refractivity contribution >= 4 is 11.8 Å². The topological polar surface area (TPSA) is 67.9 Å². The number of amides is 2. The quantitative estimate of drug-likeness (QED) is 0.716. The Morgan fingerprint density at radius 2 is 1.90 bits per heavy atom. The Balaban J connectivity index is 1.52. The molecule has 0 radical (unpaired) electrons. The molecule has 0 saturated carbocycles. The second-order valence-corrected chi connectivity index (χ2v) is 7.13. The summed E-state index contributed by atoms with van der Waals surface area (Å²) in [5, 5.41) is 2.63. The number of ether oxygens (including phenoxy) is 2. The van der Waals surface area contributed by atoms with E-state index in [1.165, 1.54) is 6.07 Å². The number of halogens is 2. The molecule has 0 aliphatic carbocycles. The van der Waals surface area contributed by atoms with Gasteiger partial charge < -0.3 is 19.7 Å². The van der Waals surface area contributed by atoms with E-state index in [0.29, 0.717) is 31.0 Å². The molecular formula is C22H24F2N2O4. The van der Waals surface area contributed by atoms with Gasteiger partial charge in [-0.05, 0) is 30.2 Å². The summed E-state index contributed by atoms with van der Waals surface area (Å²) in [5.74, 6) is -1.04. The smallest absolute Gasteiger partial charge is 0.225 e. The lowest BCUT2D eigenvalue weighted by Gasteiger charge is -2.17. The molecule has 0 aromatic heterocycles. The predicted octanol–water partition coefficient (Wildman–Crippen LogP) is 2.69. The number of nitrogens with zero attached hydrogens (tertiary/aromatic N) is 1. The zero-order valence-electron chi connectivity index (χ0n) is 16.9. The molecule has 1 saturated heterocycles. The molecule has 1 N–H and O–H groups in total. The lowest BCUT2D eigenvalue weighted by atomic mass is 10.1. The third-order valence-corrected chi connectivity index (χ3v) is 5.17. The van der Waals surface area contributed by atoms with Crippen LogP contribution >= 0.6 is 0 Å². The van der Waals surface area contributed by atoms with Crippen LogP contribution in [0.5, 0.6) is 11.5 Å². The number of benzene rings is 2. The van der Waals surface area contributed by atoms with Crippen LogP contribution in [-0.4, -0.2) is 44.0 Å². The van der Waals surface area contributed by atoms with Gasteiger partial charge >= 0.3 is 0 Å². The molecule has 2 aromatic carbocycles. The summed E-state index contributed by atoms with van der Waals surface area (Å²) in [7, 11) is 3.13. The molecule has 6 nitrogen and oxygen atoms in total. The van der Waals surface area contributed by atoms with E-state index in [9.17, 15) is 18.4 Å². The number of methoxy groups -OCH3 is 2. The predicted molar refractivity (Wildman–Crippen MR) is 106 cm³/mol. The lowest BCUT2D eigenvalue weighted by molar-refractivity contribution is -0.129. The number of carbonyl (C=O) groups is 2. The Hall–Kier alpha value is -3.16. The van der Waals surface area contributed by atoms with Crippen LogP contribution in [0.1, 0.15) is 17.5 Å². The molecule has 1 aliphatic rings. The Morgan fingerprint density at radius 1 is 1.13 bits per heavy atom. The molecule has 3 rings (SSSR count). The highest BCUT2D eigenvalue weighted by Gasteiger charge is 2.33. The Labute approximate surface area is 173 Å². The monoisotopic (exact) mass is 418 g/mol. The standard InChI is InChI=1S/C22H24F2N2O4/c1-29-19-6-3-14(9-20(19)30-2)7-8-26-13-16(10-21(26)27)22(28)25-12-15-4-5-17(23)11-18(15)24/h3-6,9,11,16H,7-8,10,12-13H2,1-2H3,(H,25,28)/t16-/m1/s1. The number of carbonyl (C=O) groups excluding carboxylic acids is 2. The van der Waals surface area contributed by atoms with Gasteiger partial charge in [0.15, 0.2) is 11.5 Å². The van der Waals surface area contributed by atoms with Crippen LogP contribution in [0, 0.1) is 17.6 Å². The highest BCUT2D eigenvalue weighted by atomic mass is 19.1. The van der Waals surface area contributed by atoms with Crippen molar-refractivity contribution in [2.75, 3.05) is 27.3 Å². The van der Waals surface area contributed by atoms with Crippen molar-refractivity contribution in [1.82, 2.24) is 10.2 Å². The largest absolute Gasteiger partial charge is 0.493 e. The summed E-state index contributed by atoms with van der Waals surface area (Å²) in [5.41, 5.74) is 1.18. The maximum Gasteiger partial charge on any atom is 0.225 e. The van der Waals surface area contributed by atoms with Crippen molar-refractivity contribution in [2.45, 2.75) is 19.4 Å². The Bertz CT molecular complexity index is 935. The molecule has 2 amide bonds. The number of rotatable bonds is 8. The van der Waals surface area contributed by atoms with E-state index < -0.39 is 17.6 Å². The van der Waals surface area contributed by atoms with E-state index in [4.69, 9.17) is 9.47 Å². The second-order valence-electron chi connectivity index (χ2n) is 7.13. The fourth-order valence-corrected chi connectivity index (χ4v) is 3.46. The first kappa shape index (κ1) is 21.5. The first-order valence-electron chi connectivity index (χ1n) is 9.61. The second kappa shape index (κ2) is 9.56. The van der Waals surface area contributed by atoms with Gasteiger partial charge in [0, 0.05) is 37.7 Å². The van der Waals surface area contributed by atoms with E-state index >= 15 is 0 Å². The summed E-state index contributed by atoms with van der Waals surface area (Å²) in [6.45, 7) is 0.732. The zero-order valence-corrected chi connectivity index (χ0v) is 16.9. The maximum atomic E-state index is 13.7. The minimum absolute atomic E-state index is 0.0543. The van der Waals surface area contributed by atoms with Gasteiger partial charge in [-0.15, -0.1) is 0 Å². The van der Waals surface area contributed by atoms with Gasteiger partial charge in [-0.25, -0.2) is 8.78 Å². The van der Waals surface area contributed by atoms with E-state index in [2.05, 4.69) is 5.32 Å². The number of nitrogens with one attached hydrogen (secondary N) is 1. The summed E-state index contributed by atoms with van der Waals surface area (Å²) in [6, 6.07) is 8.78. The summed E-state index contributed by atoms with van der Waals surface area (Å²) in [4.78, 5) is 26.4. The van der Waals surface area contributed by atoms with Crippen molar-refractivity contribution in [3.63, 3.8) is 0 Å². The maximum absolute atomic E-state index is 13.7. The number of hydrogen-bond donors (Lipinski definition) is 1. The van der Waals surface area contributed by atoms with Crippen LogP contribution in [0.4, 0.5) is 8.78 Å². The van der Waals surface area contributed by atoms with Crippen LogP contribution in [0.3, 0.4) is 0 Å². The molecule has 1 atom stereocenters. The molecule has 8 heteroatoms. The molecule has 1 heterocycles. The first-order chi connectivity index (χ1) is 14.4. The minimum Gasteiger partial charge on any atom is -0.493 e. The molecule has 160 valence electrons. The molecule has 0 bridgehead atoms. The van der Waals surface area contributed by atoms with Crippen LogP contribution in [0.15, 0.2) is 36.4 Å². The average molecular weight is 418 g/mol. The van der Waals surface area contributed by atoms with Crippen molar-refractivity contribution in [3.05, 3.63) is 59.2 Å². The van der Waals surface area contributed by atoms with E-state index in [-0.39, 0.29) is 30.3 Å². The van der Waals surface area contributed by atoms with Crippen molar-refractivity contribution in [3.8, 4) is 11.5 Å². The average Bonchev–Trinajstić information content (AvgIpc) is 3.11. The number of likely N-dealkylation sites (tertiary alicyclic amines) is 1. The van der Waals surface area contributed by atoms with Crippen LogP contribution in [-0.2, 0) is 22.6 Å². The van der Waals surface area contributed by atoms with Crippen molar-refractivity contribution in [2.24, 2.45) is 5.92 Å². The molecular weight excluding hydrogens is 394 g/mol. The van der Waals surface area contributed by atoms with Crippen LogP contribution < -0.4 is 14.8 Å². The van der Waals surface area contributed by atoms with Crippen LogP contribution in [0.2, 0.25) is 0 Å². The Morgan fingerprint density at radius 3 is 2.60 bits per heavy atom. The van der Waals surface area contributed by atoms with Crippen LogP contribution in [0.25, 0.3) is 0 Å². The normalized spacial score (nSPS) is 15.9. The lowest BCUT2D eigenvalue weighted by Crippen LogP contribution is -2.33. The molecule has 1 fully saturated rings. The molecule has 30 heavy (non-hydrogen) atoms. The molecule has 0 spiro atoms. The van der Waals surface area contributed by atoms with Gasteiger partial charge in [0.05, 0.1) is 20.1 Å². The van der Waals surface area contributed by atoms with Gasteiger partial charge in [-0.3, -0.25) is 9.59 Å². The summed E-state index contributed by atoms with van der Waals surface area (Å²) in [6.07, 6.45) is 0.727. The third kappa shape index (κ3) is 5.06. The fourth-order valence-electron chi connectivity index (χ4n) is 3.46. The molecule has 2 aromatic rings. The van der Waals surface area contributed by atoms with Crippen molar-refractivity contribution in [1.29, 1.82) is 0 Å². The van der Waals surface area contributed by atoms with Gasteiger partial charge in [-0.1, -0.05) is 12.1 Å². The van der Waals surface area contributed by atoms with Gasteiger partial charge in [0.1, 0.15) is 11.6 Å². The fraction of sp³-hybridized carbons (Fsp3) is 0.364. The molecule has 1 aliphatic heterocycles. The van der Waals surface area contributed by atoms with Crippen molar-refractivity contribution < 1.29 is 27.8 Å². The summed E-state index contributed by atoms with van der Waals surface area (Å²) >= 11 is 0. The van der Waals surface area contributed by atoms with E-state index in [1.807, 2.05) is 18.2 Å². The molecule has 0 unspecified atom stereocenters. The third-order valence-electron chi connectivity index (χ3n) is 5.17. The van der Waals surface area contributed by atoms with Gasteiger partial charge in [-0.2, -0.15) is 0 Å². The first-order valence-corrected chi connectivity index (χ1v) is 9.61. The zero-order chi connectivity index (χ0) is 21.7. The minimum atomic E-state index is -0.714. The van der Waals surface area contributed by atoms with Gasteiger partial charge in [0.25, 0.3) is 0 Å². The van der Waals surface area contributed by atoms with E-state index in [0.717, 1.165) is 17.7 Å². The SMILES string of the molecule is COc1ccc(CCN2C[C@H](C(=O)NCc3ccc(F)cc3F)CC2=O)cc1OC. The summed E-state index contributed by atoms with van der Waals surface area (Å²) < 4.78 is 37.2. The highest BCUT2D eigenvalue weighted by Crippen LogP contribution is 2.28. The van der Waals surface area contributed by atoms with Gasteiger partial charge in [0.2, 0.25) is 11.8 Å². The Kier molecular flexibility index (Phi) is 6.87.